The van der Waals surface area contributed by atoms with Crippen molar-refractivity contribution in [3.8, 4) is 0 Å². The molecule has 0 radical (unpaired) electrons. The van der Waals surface area contributed by atoms with Gasteiger partial charge in [0.1, 0.15) is 0 Å². The Morgan fingerprint density at radius 2 is 1.68 bits per heavy atom. The first-order valence-corrected chi connectivity index (χ1v) is 8.66. The summed E-state index contributed by atoms with van der Waals surface area (Å²) < 4.78 is 0.679. The van der Waals surface area contributed by atoms with Gasteiger partial charge in [-0.1, -0.05) is 36.9 Å². The van der Waals surface area contributed by atoms with Gasteiger partial charge in [-0.15, -0.1) is 0 Å². The second-order valence-corrected chi connectivity index (χ2v) is 7.41. The predicted octanol–water partition coefficient (Wildman–Crippen LogP) is 4.68. The fraction of sp³-hybridized carbons (Fsp3) is 0.200. The van der Waals surface area contributed by atoms with E-state index in [1.807, 2.05) is 26.8 Å². The third-order valence-corrected chi connectivity index (χ3v) is 4.29. The van der Waals surface area contributed by atoms with Gasteiger partial charge in [-0.05, 0) is 66.5 Å². The van der Waals surface area contributed by atoms with E-state index in [9.17, 15) is 9.59 Å². The van der Waals surface area contributed by atoms with E-state index >= 15 is 0 Å². The lowest BCUT2D eigenvalue weighted by molar-refractivity contribution is 0.0358. The van der Waals surface area contributed by atoms with Crippen LogP contribution in [0.3, 0.4) is 0 Å². The molecule has 0 atom stereocenters. The second-order valence-electron chi connectivity index (χ2n) is 6.56. The molecule has 5 heteroatoms. The first kappa shape index (κ1) is 18.9. The summed E-state index contributed by atoms with van der Waals surface area (Å²) in [5.74, 6) is -0.623. The molecule has 0 heterocycles. The Hall–Kier alpha value is -2.40. The first-order valence-electron chi connectivity index (χ1n) is 7.86. The van der Waals surface area contributed by atoms with E-state index in [2.05, 4.69) is 27.9 Å². The van der Waals surface area contributed by atoms with Gasteiger partial charge in [0.05, 0.1) is 11.1 Å². The molecule has 0 aromatic heterocycles. The summed E-state index contributed by atoms with van der Waals surface area (Å²) in [6, 6.07) is 14.2. The Kier molecular flexibility index (Phi) is 5.80. The maximum absolute atomic E-state index is 12.9. The van der Waals surface area contributed by atoms with E-state index < -0.39 is 5.54 Å². The van der Waals surface area contributed by atoms with Crippen molar-refractivity contribution in [3.63, 3.8) is 0 Å². The monoisotopic (exact) mass is 400 g/mol. The van der Waals surface area contributed by atoms with Crippen molar-refractivity contribution in [1.82, 2.24) is 10.4 Å². The van der Waals surface area contributed by atoms with Crippen LogP contribution in [0.5, 0.6) is 0 Å². The third kappa shape index (κ3) is 4.57. The molecule has 0 saturated carbocycles. The number of hydrazine groups is 1. The van der Waals surface area contributed by atoms with Crippen LogP contribution in [-0.4, -0.2) is 22.4 Å². The molecular weight excluding hydrogens is 380 g/mol. The Morgan fingerprint density at radius 3 is 2.20 bits per heavy atom. The van der Waals surface area contributed by atoms with Crippen LogP contribution < -0.4 is 5.43 Å². The van der Waals surface area contributed by atoms with Gasteiger partial charge in [0, 0.05) is 10.0 Å². The first-order chi connectivity index (χ1) is 11.7. The number of halogens is 1. The molecule has 0 aliphatic rings. The molecule has 0 bridgehead atoms. The van der Waals surface area contributed by atoms with Gasteiger partial charge in [-0.3, -0.25) is 15.0 Å². The van der Waals surface area contributed by atoms with Crippen molar-refractivity contribution < 1.29 is 9.59 Å². The van der Waals surface area contributed by atoms with Crippen LogP contribution in [0.4, 0.5) is 0 Å². The Balaban J connectivity index is 2.29. The van der Waals surface area contributed by atoms with Crippen LogP contribution in [0.2, 0.25) is 0 Å². The van der Waals surface area contributed by atoms with Crippen LogP contribution in [-0.2, 0) is 0 Å². The van der Waals surface area contributed by atoms with Crippen molar-refractivity contribution in [2.45, 2.75) is 26.3 Å². The van der Waals surface area contributed by atoms with Crippen molar-refractivity contribution >= 4 is 33.8 Å². The number of carbonyl (C=O) groups is 2. The third-order valence-electron chi connectivity index (χ3n) is 3.60. The summed E-state index contributed by atoms with van der Waals surface area (Å²) in [6.45, 7) is 9.29. The molecule has 2 rings (SSSR count). The lowest BCUT2D eigenvalue weighted by Gasteiger charge is -2.35. The molecule has 130 valence electrons. The van der Waals surface area contributed by atoms with Gasteiger partial charge >= 0.3 is 0 Å². The largest absolute Gasteiger partial charge is 0.273 e. The van der Waals surface area contributed by atoms with E-state index in [-0.39, 0.29) is 11.8 Å². The van der Waals surface area contributed by atoms with E-state index in [0.717, 1.165) is 5.56 Å². The summed E-state index contributed by atoms with van der Waals surface area (Å²) in [6.07, 6.45) is 1.71. The Bertz CT molecular complexity index is 792. The lowest BCUT2D eigenvalue weighted by atomic mass is 10.1. The average Bonchev–Trinajstić information content (AvgIpc) is 2.58. The van der Waals surface area contributed by atoms with Crippen LogP contribution in [0.15, 0.2) is 59.6 Å². The minimum absolute atomic E-state index is 0.281. The van der Waals surface area contributed by atoms with Crippen LogP contribution in [0.1, 0.15) is 47.1 Å². The molecule has 2 aromatic carbocycles. The lowest BCUT2D eigenvalue weighted by Crippen LogP contribution is -2.56. The van der Waals surface area contributed by atoms with Crippen LogP contribution in [0, 0.1) is 0 Å². The molecular formula is C20H21BrN2O2. The Labute approximate surface area is 156 Å². The van der Waals surface area contributed by atoms with Crippen LogP contribution >= 0.6 is 15.9 Å². The average molecular weight is 401 g/mol. The smallest absolute Gasteiger partial charge is 0.267 e. The zero-order valence-electron chi connectivity index (χ0n) is 14.5. The molecule has 0 aliphatic heterocycles. The van der Waals surface area contributed by atoms with Gasteiger partial charge in [-0.25, -0.2) is 5.01 Å². The van der Waals surface area contributed by atoms with E-state index in [1.54, 1.807) is 48.5 Å². The topological polar surface area (TPSA) is 49.4 Å². The van der Waals surface area contributed by atoms with Gasteiger partial charge in [0.2, 0.25) is 0 Å². The van der Waals surface area contributed by atoms with E-state index in [4.69, 9.17) is 0 Å². The van der Waals surface area contributed by atoms with Crippen molar-refractivity contribution in [1.29, 1.82) is 0 Å². The number of amides is 2. The molecule has 0 saturated heterocycles. The number of hydrogen-bond donors (Lipinski definition) is 1. The zero-order valence-corrected chi connectivity index (χ0v) is 16.1. The highest BCUT2D eigenvalue weighted by Crippen LogP contribution is 2.21. The fourth-order valence-corrected chi connectivity index (χ4v) is 2.67. The maximum Gasteiger partial charge on any atom is 0.273 e. The molecule has 4 nitrogen and oxygen atoms in total. The zero-order chi connectivity index (χ0) is 18.6. The van der Waals surface area contributed by atoms with E-state index in [0.29, 0.717) is 15.6 Å². The molecule has 1 N–H and O–H groups in total. The second kappa shape index (κ2) is 7.66. The number of carbonyl (C=O) groups excluding carboxylic acids is 2. The highest BCUT2D eigenvalue weighted by molar-refractivity contribution is 9.10. The summed E-state index contributed by atoms with van der Waals surface area (Å²) in [7, 11) is 0. The van der Waals surface area contributed by atoms with Gasteiger partial charge in [0.25, 0.3) is 11.8 Å². The SMILES string of the molecule is C=Cc1ccc(C(=O)NN(C(=O)c2ccccc2Br)C(C)(C)C)cc1. The highest BCUT2D eigenvalue weighted by atomic mass is 79.9. The molecule has 0 fully saturated rings. The van der Waals surface area contributed by atoms with Gasteiger partial charge in [-0.2, -0.15) is 0 Å². The minimum Gasteiger partial charge on any atom is -0.267 e. The summed E-state index contributed by atoms with van der Waals surface area (Å²) >= 11 is 3.39. The van der Waals surface area contributed by atoms with E-state index in [1.165, 1.54) is 5.01 Å². The highest BCUT2D eigenvalue weighted by Gasteiger charge is 2.30. The minimum atomic E-state index is -0.594. The summed E-state index contributed by atoms with van der Waals surface area (Å²) in [5.41, 5.74) is 4.02. The number of hydrogen-bond acceptors (Lipinski definition) is 2. The molecule has 2 aromatic rings. The standard InChI is InChI=1S/C20H21BrN2O2/c1-5-14-10-12-15(13-11-14)18(24)22-23(20(2,3)4)19(25)16-8-6-7-9-17(16)21/h5-13H,1H2,2-4H3,(H,22,24). The number of benzene rings is 2. The van der Waals surface area contributed by atoms with Gasteiger partial charge in [0.15, 0.2) is 0 Å². The normalized spacial score (nSPS) is 10.9. The summed E-state index contributed by atoms with van der Waals surface area (Å²) in [5, 5.41) is 1.36. The molecule has 25 heavy (non-hydrogen) atoms. The predicted molar refractivity (Wildman–Crippen MR) is 104 cm³/mol. The van der Waals surface area contributed by atoms with Crippen molar-refractivity contribution in [2.24, 2.45) is 0 Å². The maximum atomic E-state index is 12.9. The van der Waals surface area contributed by atoms with Crippen LogP contribution in [0.25, 0.3) is 6.08 Å². The fourth-order valence-electron chi connectivity index (χ4n) is 2.21. The number of rotatable bonds is 3. The van der Waals surface area contributed by atoms with Crippen molar-refractivity contribution in [3.05, 3.63) is 76.3 Å². The molecule has 0 aliphatic carbocycles. The van der Waals surface area contributed by atoms with Gasteiger partial charge < -0.3 is 0 Å². The molecule has 0 spiro atoms. The Morgan fingerprint density at radius 1 is 1.08 bits per heavy atom. The number of nitrogens with zero attached hydrogens (tertiary/aromatic N) is 1. The molecule has 2 amide bonds. The quantitative estimate of drug-likeness (QED) is 0.760. The number of nitrogens with one attached hydrogen (secondary N) is 1. The molecule has 0 unspecified atom stereocenters. The summed E-state index contributed by atoms with van der Waals surface area (Å²) in [4.78, 5) is 25.5. The van der Waals surface area contributed by atoms with Crippen molar-refractivity contribution in [2.75, 3.05) is 0 Å².